The molecule has 0 aliphatic heterocycles. The fourth-order valence-corrected chi connectivity index (χ4v) is 2.81. The summed E-state index contributed by atoms with van der Waals surface area (Å²) in [7, 11) is -3.07. The third kappa shape index (κ3) is 5.86. The van der Waals surface area contributed by atoms with Gasteiger partial charge in [-0.25, -0.2) is 12.8 Å². The number of sulfone groups is 1. The SMILES string of the molecule is CC(CS(C)(=O)=O)NCC(O)c1ccc(Cl)c(F)c1. The number of aliphatic hydroxyl groups excluding tert-OH is 1. The summed E-state index contributed by atoms with van der Waals surface area (Å²) >= 11 is 5.55. The number of aliphatic hydroxyl groups is 1. The van der Waals surface area contributed by atoms with Crippen molar-refractivity contribution in [3.8, 4) is 0 Å². The molecule has 19 heavy (non-hydrogen) atoms. The first-order chi connectivity index (χ1) is 8.69. The maximum Gasteiger partial charge on any atom is 0.148 e. The van der Waals surface area contributed by atoms with Crippen molar-refractivity contribution in [1.82, 2.24) is 5.32 Å². The van der Waals surface area contributed by atoms with Crippen molar-refractivity contribution in [2.45, 2.75) is 19.1 Å². The Balaban J connectivity index is 2.55. The van der Waals surface area contributed by atoms with Crippen molar-refractivity contribution >= 4 is 21.4 Å². The van der Waals surface area contributed by atoms with Crippen LogP contribution in [0.25, 0.3) is 0 Å². The van der Waals surface area contributed by atoms with E-state index in [1.807, 2.05) is 0 Å². The molecule has 1 aromatic rings. The van der Waals surface area contributed by atoms with E-state index >= 15 is 0 Å². The second kappa shape index (κ2) is 6.65. The largest absolute Gasteiger partial charge is 0.387 e. The number of nitrogens with one attached hydrogen (secondary N) is 1. The molecular weight excluding hydrogens is 293 g/mol. The number of hydrogen-bond donors (Lipinski definition) is 2. The van der Waals surface area contributed by atoms with Crippen LogP contribution in [-0.2, 0) is 9.84 Å². The third-order valence-electron chi connectivity index (χ3n) is 2.54. The van der Waals surface area contributed by atoms with E-state index in [2.05, 4.69) is 5.32 Å². The van der Waals surface area contributed by atoms with E-state index in [4.69, 9.17) is 11.6 Å². The number of rotatable bonds is 6. The molecule has 7 heteroatoms. The Kier molecular flexibility index (Phi) is 5.73. The molecule has 1 rings (SSSR count). The molecule has 1 aromatic carbocycles. The monoisotopic (exact) mass is 309 g/mol. The molecule has 2 unspecified atom stereocenters. The van der Waals surface area contributed by atoms with E-state index in [0.717, 1.165) is 12.3 Å². The van der Waals surface area contributed by atoms with Gasteiger partial charge in [-0.3, -0.25) is 0 Å². The standard InChI is InChI=1S/C12H17ClFNO3S/c1-8(7-19(2,17)18)15-6-12(16)9-3-4-10(13)11(14)5-9/h3-5,8,12,15-16H,6-7H2,1-2H3. The van der Waals surface area contributed by atoms with Gasteiger partial charge in [0.25, 0.3) is 0 Å². The Hall–Kier alpha value is -0.690. The molecule has 4 nitrogen and oxygen atoms in total. The quantitative estimate of drug-likeness (QED) is 0.836. The van der Waals surface area contributed by atoms with E-state index in [1.165, 1.54) is 12.1 Å². The van der Waals surface area contributed by atoms with Crippen LogP contribution in [0.15, 0.2) is 18.2 Å². The minimum atomic E-state index is -3.07. The van der Waals surface area contributed by atoms with Crippen molar-refractivity contribution < 1.29 is 17.9 Å². The van der Waals surface area contributed by atoms with E-state index < -0.39 is 21.8 Å². The highest BCUT2D eigenvalue weighted by Gasteiger charge is 2.14. The molecule has 0 aliphatic rings. The van der Waals surface area contributed by atoms with E-state index in [-0.39, 0.29) is 23.4 Å². The molecule has 108 valence electrons. The topological polar surface area (TPSA) is 66.4 Å². The molecule has 0 heterocycles. The second-order valence-electron chi connectivity index (χ2n) is 4.59. The van der Waals surface area contributed by atoms with Crippen LogP contribution in [0.5, 0.6) is 0 Å². The maximum absolute atomic E-state index is 13.2. The van der Waals surface area contributed by atoms with Crippen LogP contribution >= 0.6 is 11.6 Å². The van der Waals surface area contributed by atoms with Gasteiger partial charge in [0.05, 0.1) is 16.9 Å². The predicted molar refractivity (Wildman–Crippen MR) is 73.5 cm³/mol. The van der Waals surface area contributed by atoms with Gasteiger partial charge in [0, 0.05) is 18.8 Å². The Morgan fingerprint density at radius 3 is 2.63 bits per heavy atom. The van der Waals surface area contributed by atoms with Crippen LogP contribution in [-0.4, -0.2) is 38.1 Å². The van der Waals surface area contributed by atoms with Gasteiger partial charge >= 0.3 is 0 Å². The zero-order valence-corrected chi connectivity index (χ0v) is 12.3. The summed E-state index contributed by atoms with van der Waals surface area (Å²) in [5.74, 6) is -0.614. The average molecular weight is 310 g/mol. The van der Waals surface area contributed by atoms with Crippen LogP contribution in [0.2, 0.25) is 5.02 Å². The maximum atomic E-state index is 13.2. The molecule has 0 aliphatic carbocycles. The van der Waals surface area contributed by atoms with E-state index in [9.17, 15) is 17.9 Å². The summed E-state index contributed by atoms with van der Waals surface area (Å²) in [6, 6.07) is 3.77. The lowest BCUT2D eigenvalue weighted by Gasteiger charge is -2.17. The van der Waals surface area contributed by atoms with Gasteiger partial charge in [-0.05, 0) is 24.6 Å². The Bertz CT molecular complexity index is 536. The van der Waals surface area contributed by atoms with Crippen molar-refractivity contribution in [3.63, 3.8) is 0 Å². The minimum absolute atomic E-state index is 0.00523. The number of halogens is 2. The summed E-state index contributed by atoms with van der Waals surface area (Å²) in [6.45, 7) is 1.84. The molecule has 0 saturated heterocycles. The summed E-state index contributed by atoms with van der Waals surface area (Å²) in [6.07, 6.45) is 0.227. The minimum Gasteiger partial charge on any atom is -0.387 e. The molecule has 0 spiro atoms. The molecule has 0 aromatic heterocycles. The summed E-state index contributed by atoms with van der Waals surface area (Å²) in [5.41, 5.74) is 0.390. The number of hydrogen-bond acceptors (Lipinski definition) is 4. The van der Waals surface area contributed by atoms with Gasteiger partial charge in [0.1, 0.15) is 15.7 Å². The smallest absolute Gasteiger partial charge is 0.148 e. The highest BCUT2D eigenvalue weighted by Crippen LogP contribution is 2.19. The fourth-order valence-electron chi connectivity index (χ4n) is 1.66. The molecule has 0 fully saturated rings. The molecule has 2 atom stereocenters. The van der Waals surface area contributed by atoms with Crippen molar-refractivity contribution in [3.05, 3.63) is 34.6 Å². The second-order valence-corrected chi connectivity index (χ2v) is 7.18. The van der Waals surface area contributed by atoms with Crippen LogP contribution < -0.4 is 5.32 Å². The number of benzene rings is 1. The van der Waals surface area contributed by atoms with Gasteiger partial charge in [0.2, 0.25) is 0 Å². The van der Waals surface area contributed by atoms with Crippen molar-refractivity contribution in [2.75, 3.05) is 18.6 Å². The normalized spacial score (nSPS) is 15.2. The van der Waals surface area contributed by atoms with Crippen LogP contribution in [0, 0.1) is 5.82 Å². The summed E-state index contributed by atoms with van der Waals surface area (Å²) in [5, 5.41) is 12.7. The zero-order valence-electron chi connectivity index (χ0n) is 10.7. The first kappa shape index (κ1) is 16.4. The van der Waals surface area contributed by atoms with Gasteiger partial charge in [-0.2, -0.15) is 0 Å². The lowest BCUT2D eigenvalue weighted by atomic mass is 10.1. The van der Waals surface area contributed by atoms with Crippen LogP contribution in [0.3, 0.4) is 0 Å². The summed E-state index contributed by atoms with van der Waals surface area (Å²) < 4.78 is 35.4. The molecular formula is C12H17ClFNO3S. The van der Waals surface area contributed by atoms with E-state index in [1.54, 1.807) is 6.92 Å². The van der Waals surface area contributed by atoms with Crippen LogP contribution in [0.1, 0.15) is 18.6 Å². The Morgan fingerprint density at radius 2 is 2.11 bits per heavy atom. The highest BCUT2D eigenvalue weighted by atomic mass is 35.5. The van der Waals surface area contributed by atoms with E-state index in [0.29, 0.717) is 5.56 Å². The Labute approximate surface area is 117 Å². The third-order valence-corrected chi connectivity index (χ3v) is 3.95. The molecule has 0 bridgehead atoms. The lowest BCUT2D eigenvalue weighted by Crippen LogP contribution is -2.35. The Morgan fingerprint density at radius 1 is 1.47 bits per heavy atom. The van der Waals surface area contributed by atoms with Crippen LogP contribution in [0.4, 0.5) is 4.39 Å². The fraction of sp³-hybridized carbons (Fsp3) is 0.500. The zero-order chi connectivity index (χ0) is 14.6. The van der Waals surface area contributed by atoms with Crippen molar-refractivity contribution in [2.24, 2.45) is 0 Å². The summed E-state index contributed by atoms with van der Waals surface area (Å²) in [4.78, 5) is 0. The molecule has 0 amide bonds. The van der Waals surface area contributed by atoms with Gasteiger partial charge in [-0.15, -0.1) is 0 Å². The predicted octanol–water partition coefficient (Wildman–Crippen LogP) is 1.54. The first-order valence-corrected chi connectivity index (χ1v) is 8.17. The lowest BCUT2D eigenvalue weighted by molar-refractivity contribution is 0.171. The van der Waals surface area contributed by atoms with Crippen molar-refractivity contribution in [1.29, 1.82) is 0 Å². The average Bonchev–Trinajstić information content (AvgIpc) is 2.27. The van der Waals surface area contributed by atoms with Gasteiger partial charge < -0.3 is 10.4 Å². The van der Waals surface area contributed by atoms with Gasteiger partial charge in [-0.1, -0.05) is 17.7 Å². The first-order valence-electron chi connectivity index (χ1n) is 5.73. The molecule has 0 radical (unpaired) electrons. The molecule has 0 saturated carbocycles. The van der Waals surface area contributed by atoms with Gasteiger partial charge in [0.15, 0.2) is 0 Å². The highest BCUT2D eigenvalue weighted by molar-refractivity contribution is 7.90. The molecule has 2 N–H and O–H groups in total.